The van der Waals surface area contributed by atoms with Crippen molar-refractivity contribution in [2.45, 2.75) is 26.5 Å². The Hall–Kier alpha value is -1.85. The molecule has 0 aliphatic rings. The van der Waals surface area contributed by atoms with E-state index in [2.05, 4.69) is 27.9 Å². The van der Waals surface area contributed by atoms with Gasteiger partial charge >= 0.3 is 0 Å². The fourth-order valence-corrected chi connectivity index (χ4v) is 3.42. The van der Waals surface area contributed by atoms with Gasteiger partial charge < -0.3 is 15.4 Å². The summed E-state index contributed by atoms with van der Waals surface area (Å²) in [6, 6.07) is 7.85. The highest BCUT2D eigenvalue weighted by atomic mass is 32.1. The van der Waals surface area contributed by atoms with E-state index in [-0.39, 0.29) is 6.61 Å². The highest BCUT2D eigenvalue weighted by molar-refractivity contribution is 7.10. The van der Waals surface area contributed by atoms with E-state index in [9.17, 15) is 5.11 Å². The second-order valence-corrected chi connectivity index (χ2v) is 5.74. The molecule has 3 aromatic rings. The number of aryl methyl sites for hydroxylation is 1. The highest BCUT2D eigenvalue weighted by Gasteiger charge is 2.12. The van der Waals surface area contributed by atoms with E-state index < -0.39 is 0 Å². The van der Waals surface area contributed by atoms with E-state index in [1.54, 1.807) is 11.3 Å². The number of hydrogen-bond acceptors (Lipinski definition) is 4. The standard InChI is InChI=1S/C15H17N3OS/c1-2-10-5-6-20-14(10)8-18-13-4-3-11(16)7-12(13)17-15(18)9-19/h3-7,19H,2,8-9,16H2,1H3. The number of nitrogens with two attached hydrogens (primary N) is 1. The Balaban J connectivity index is 2.10. The summed E-state index contributed by atoms with van der Waals surface area (Å²) in [5.41, 5.74) is 9.70. The Morgan fingerprint density at radius 1 is 1.35 bits per heavy atom. The fourth-order valence-electron chi connectivity index (χ4n) is 2.46. The number of nitrogen functional groups attached to an aromatic ring is 1. The number of rotatable bonds is 4. The van der Waals surface area contributed by atoms with Gasteiger partial charge in [0.25, 0.3) is 0 Å². The molecule has 0 amide bonds. The van der Waals surface area contributed by atoms with Crippen LogP contribution in [0.5, 0.6) is 0 Å². The monoisotopic (exact) mass is 287 g/mol. The Labute approximate surface area is 121 Å². The number of thiophene rings is 1. The zero-order valence-corrected chi connectivity index (χ0v) is 12.2. The maximum Gasteiger partial charge on any atom is 0.136 e. The molecule has 0 spiro atoms. The van der Waals surface area contributed by atoms with Crippen molar-refractivity contribution in [1.29, 1.82) is 0 Å². The van der Waals surface area contributed by atoms with Crippen LogP contribution in [0, 0.1) is 0 Å². The molecule has 2 heterocycles. The van der Waals surface area contributed by atoms with Gasteiger partial charge in [0.05, 0.1) is 17.6 Å². The molecule has 0 bridgehead atoms. The first-order valence-corrected chi connectivity index (χ1v) is 7.51. The topological polar surface area (TPSA) is 64.1 Å². The SMILES string of the molecule is CCc1ccsc1Cn1c(CO)nc2cc(N)ccc21. The van der Waals surface area contributed by atoms with E-state index in [0.29, 0.717) is 11.5 Å². The number of nitrogens with zero attached hydrogens (tertiary/aromatic N) is 2. The molecule has 3 N–H and O–H groups in total. The van der Waals surface area contributed by atoms with E-state index in [4.69, 9.17) is 5.73 Å². The van der Waals surface area contributed by atoms with Crippen molar-refractivity contribution in [2.75, 3.05) is 5.73 Å². The molecule has 4 nitrogen and oxygen atoms in total. The third-order valence-electron chi connectivity index (χ3n) is 3.51. The Morgan fingerprint density at radius 2 is 2.20 bits per heavy atom. The molecule has 1 aromatic carbocycles. The number of anilines is 1. The number of aliphatic hydroxyl groups excluding tert-OH is 1. The van der Waals surface area contributed by atoms with Crippen LogP contribution in [0.3, 0.4) is 0 Å². The number of benzene rings is 1. The summed E-state index contributed by atoms with van der Waals surface area (Å²) in [6.07, 6.45) is 1.02. The van der Waals surface area contributed by atoms with Crippen LogP contribution < -0.4 is 5.73 Å². The number of fused-ring (bicyclic) bond motifs is 1. The molecule has 0 saturated heterocycles. The Morgan fingerprint density at radius 3 is 2.95 bits per heavy atom. The maximum absolute atomic E-state index is 9.53. The molecular formula is C15H17N3OS. The van der Waals surface area contributed by atoms with Gasteiger partial charge in [0.15, 0.2) is 0 Å². The molecule has 0 atom stereocenters. The zero-order chi connectivity index (χ0) is 14.1. The van der Waals surface area contributed by atoms with Crippen molar-refractivity contribution in [3.63, 3.8) is 0 Å². The number of hydrogen-bond donors (Lipinski definition) is 2. The van der Waals surface area contributed by atoms with Gasteiger partial charge in [0.2, 0.25) is 0 Å². The zero-order valence-electron chi connectivity index (χ0n) is 11.3. The molecule has 0 saturated carbocycles. The predicted octanol–water partition coefficient (Wildman–Crippen LogP) is 2.78. The number of aromatic nitrogens is 2. The van der Waals surface area contributed by atoms with Crippen LogP contribution in [-0.2, 0) is 19.6 Å². The summed E-state index contributed by atoms with van der Waals surface area (Å²) in [7, 11) is 0. The van der Waals surface area contributed by atoms with Gasteiger partial charge in [-0.2, -0.15) is 0 Å². The summed E-state index contributed by atoms with van der Waals surface area (Å²) in [5, 5.41) is 11.6. The van der Waals surface area contributed by atoms with Crippen molar-refractivity contribution in [1.82, 2.24) is 9.55 Å². The average Bonchev–Trinajstić information content (AvgIpc) is 3.03. The first-order valence-electron chi connectivity index (χ1n) is 6.63. The van der Waals surface area contributed by atoms with Crippen molar-refractivity contribution in [3.8, 4) is 0 Å². The van der Waals surface area contributed by atoms with Crippen LogP contribution >= 0.6 is 11.3 Å². The Kier molecular flexibility index (Phi) is 3.46. The molecule has 0 fully saturated rings. The molecule has 20 heavy (non-hydrogen) atoms. The molecule has 104 valence electrons. The Bertz CT molecular complexity index is 745. The van der Waals surface area contributed by atoms with Crippen molar-refractivity contribution in [3.05, 3.63) is 45.9 Å². The minimum atomic E-state index is -0.0680. The van der Waals surface area contributed by atoms with E-state index in [0.717, 1.165) is 24.0 Å². The number of imidazole rings is 1. The molecular weight excluding hydrogens is 270 g/mol. The normalized spacial score (nSPS) is 11.3. The molecule has 3 rings (SSSR count). The van der Waals surface area contributed by atoms with Crippen LogP contribution in [0.25, 0.3) is 11.0 Å². The maximum atomic E-state index is 9.53. The third-order valence-corrected chi connectivity index (χ3v) is 4.46. The van der Waals surface area contributed by atoms with Gasteiger partial charge in [-0.3, -0.25) is 0 Å². The van der Waals surface area contributed by atoms with E-state index in [1.807, 2.05) is 18.2 Å². The summed E-state index contributed by atoms with van der Waals surface area (Å²) in [6.45, 7) is 2.84. The van der Waals surface area contributed by atoms with Crippen LogP contribution in [0.15, 0.2) is 29.6 Å². The first-order chi connectivity index (χ1) is 9.72. The molecule has 5 heteroatoms. The lowest BCUT2D eigenvalue weighted by molar-refractivity contribution is 0.267. The molecule has 0 aliphatic carbocycles. The van der Waals surface area contributed by atoms with Gasteiger partial charge in [0, 0.05) is 10.6 Å². The second-order valence-electron chi connectivity index (χ2n) is 4.74. The lowest BCUT2D eigenvalue weighted by Crippen LogP contribution is -2.05. The molecule has 2 aromatic heterocycles. The van der Waals surface area contributed by atoms with Gasteiger partial charge in [-0.1, -0.05) is 6.92 Å². The molecule has 0 unspecified atom stereocenters. The van der Waals surface area contributed by atoms with Gasteiger partial charge in [0.1, 0.15) is 12.4 Å². The van der Waals surface area contributed by atoms with Gasteiger partial charge in [-0.05, 0) is 41.6 Å². The van der Waals surface area contributed by atoms with Crippen LogP contribution in [0.4, 0.5) is 5.69 Å². The first kappa shape index (κ1) is 13.1. The van der Waals surface area contributed by atoms with Crippen LogP contribution in [0.1, 0.15) is 23.2 Å². The lowest BCUT2D eigenvalue weighted by atomic mass is 10.2. The van der Waals surface area contributed by atoms with Crippen molar-refractivity contribution in [2.24, 2.45) is 0 Å². The average molecular weight is 287 g/mol. The lowest BCUT2D eigenvalue weighted by Gasteiger charge is -2.08. The van der Waals surface area contributed by atoms with Crippen LogP contribution in [-0.4, -0.2) is 14.7 Å². The molecule has 0 aliphatic heterocycles. The van der Waals surface area contributed by atoms with E-state index in [1.165, 1.54) is 10.4 Å². The van der Waals surface area contributed by atoms with E-state index >= 15 is 0 Å². The smallest absolute Gasteiger partial charge is 0.136 e. The second kappa shape index (κ2) is 5.26. The van der Waals surface area contributed by atoms with Crippen LogP contribution in [0.2, 0.25) is 0 Å². The minimum absolute atomic E-state index is 0.0680. The summed E-state index contributed by atoms with van der Waals surface area (Å²) in [4.78, 5) is 5.78. The largest absolute Gasteiger partial charge is 0.399 e. The highest BCUT2D eigenvalue weighted by Crippen LogP contribution is 2.24. The predicted molar refractivity (Wildman–Crippen MR) is 82.9 cm³/mol. The van der Waals surface area contributed by atoms with Gasteiger partial charge in [-0.15, -0.1) is 11.3 Å². The number of aliphatic hydroxyl groups is 1. The quantitative estimate of drug-likeness (QED) is 0.725. The van der Waals surface area contributed by atoms with Crippen molar-refractivity contribution >= 4 is 28.1 Å². The molecule has 0 radical (unpaired) electrons. The minimum Gasteiger partial charge on any atom is -0.399 e. The summed E-state index contributed by atoms with van der Waals surface area (Å²) in [5.74, 6) is 0.682. The fraction of sp³-hybridized carbons (Fsp3) is 0.267. The third kappa shape index (κ3) is 2.19. The van der Waals surface area contributed by atoms with Gasteiger partial charge in [-0.25, -0.2) is 4.98 Å². The van der Waals surface area contributed by atoms with Crippen molar-refractivity contribution < 1.29 is 5.11 Å². The summed E-state index contributed by atoms with van der Waals surface area (Å²) >= 11 is 1.75. The summed E-state index contributed by atoms with van der Waals surface area (Å²) < 4.78 is 2.07.